The molecule has 4 amide bonds. The van der Waals surface area contributed by atoms with Crippen molar-refractivity contribution in [3.63, 3.8) is 0 Å². The molecule has 254 valence electrons. The SMILES string of the molecule is COC(=O)NC(C(=O)N1CN(C(=O)N2Cc3cccc(F)c3C2)C[C@H]1c1nc(-c2ccc(B3OC(C)(C)C(C)(C)O3)cc2)c[nH]1)C(C)C. The van der Waals surface area contributed by atoms with E-state index in [4.69, 9.17) is 19.0 Å². The first-order valence-electron chi connectivity index (χ1n) is 16.2. The molecule has 2 saturated heterocycles. The van der Waals surface area contributed by atoms with Crippen molar-refractivity contribution in [2.75, 3.05) is 20.3 Å². The topological polar surface area (TPSA) is 129 Å². The third-order valence-corrected chi connectivity index (χ3v) is 9.88. The molecular weight excluding hydrogens is 618 g/mol. The van der Waals surface area contributed by atoms with Crippen LogP contribution in [-0.4, -0.2) is 87.4 Å². The predicted molar refractivity (Wildman–Crippen MR) is 176 cm³/mol. The van der Waals surface area contributed by atoms with Crippen molar-refractivity contribution in [2.45, 2.75) is 77.9 Å². The normalized spacial score (nSPS) is 20.3. The van der Waals surface area contributed by atoms with Crippen LogP contribution < -0.4 is 10.8 Å². The number of halogens is 1. The molecule has 6 rings (SSSR count). The van der Waals surface area contributed by atoms with E-state index in [1.807, 2.05) is 71.9 Å². The number of hydrogen-bond acceptors (Lipinski definition) is 7. The maximum atomic E-state index is 14.5. The number of nitrogens with zero attached hydrogens (tertiary/aromatic N) is 4. The van der Waals surface area contributed by atoms with Crippen LogP contribution in [0.25, 0.3) is 11.3 Å². The van der Waals surface area contributed by atoms with Crippen LogP contribution in [0.2, 0.25) is 0 Å². The molecule has 4 heterocycles. The molecule has 48 heavy (non-hydrogen) atoms. The van der Waals surface area contributed by atoms with Crippen LogP contribution in [0, 0.1) is 11.7 Å². The predicted octanol–water partition coefficient (Wildman–Crippen LogP) is 4.17. The third kappa shape index (κ3) is 6.14. The third-order valence-electron chi connectivity index (χ3n) is 9.88. The van der Waals surface area contributed by atoms with E-state index in [9.17, 15) is 18.8 Å². The lowest BCUT2D eigenvalue weighted by molar-refractivity contribution is -0.135. The lowest BCUT2D eigenvalue weighted by atomic mass is 9.79. The summed E-state index contributed by atoms with van der Waals surface area (Å²) < 4.78 is 31.6. The molecule has 0 spiro atoms. The first kappa shape index (κ1) is 33.5. The number of amides is 4. The molecular formula is C34H42BFN6O6. The second-order valence-electron chi connectivity index (χ2n) is 13.9. The van der Waals surface area contributed by atoms with Gasteiger partial charge >= 0.3 is 19.2 Å². The molecule has 3 aliphatic rings. The minimum Gasteiger partial charge on any atom is -0.453 e. The van der Waals surface area contributed by atoms with Crippen molar-refractivity contribution in [2.24, 2.45) is 5.92 Å². The van der Waals surface area contributed by atoms with E-state index in [0.717, 1.165) is 16.6 Å². The number of rotatable bonds is 6. The van der Waals surface area contributed by atoms with Gasteiger partial charge < -0.3 is 39.0 Å². The summed E-state index contributed by atoms with van der Waals surface area (Å²) in [5, 5.41) is 2.64. The van der Waals surface area contributed by atoms with Gasteiger partial charge in [0.1, 0.15) is 23.7 Å². The van der Waals surface area contributed by atoms with Crippen LogP contribution in [0.3, 0.4) is 0 Å². The Bertz CT molecular complexity index is 1700. The number of imidazole rings is 1. The van der Waals surface area contributed by atoms with Crippen LogP contribution in [0.1, 0.15) is 64.5 Å². The molecule has 1 aromatic heterocycles. The smallest absolute Gasteiger partial charge is 0.453 e. The Morgan fingerprint density at radius 3 is 2.35 bits per heavy atom. The van der Waals surface area contributed by atoms with Gasteiger partial charge in [-0.25, -0.2) is 19.0 Å². The maximum absolute atomic E-state index is 14.5. The fourth-order valence-electron chi connectivity index (χ4n) is 6.28. The summed E-state index contributed by atoms with van der Waals surface area (Å²) in [4.78, 5) is 52.8. The van der Waals surface area contributed by atoms with E-state index in [2.05, 4.69) is 10.3 Å². The van der Waals surface area contributed by atoms with Gasteiger partial charge in [0.25, 0.3) is 0 Å². The number of nitrogens with one attached hydrogen (secondary N) is 2. The number of urea groups is 1. The molecule has 0 bridgehead atoms. The van der Waals surface area contributed by atoms with Crippen molar-refractivity contribution in [1.82, 2.24) is 30.0 Å². The average molecular weight is 661 g/mol. The van der Waals surface area contributed by atoms with Crippen molar-refractivity contribution in [3.05, 3.63) is 71.4 Å². The number of carbonyl (C=O) groups excluding carboxylic acids is 3. The Morgan fingerprint density at radius 1 is 1.04 bits per heavy atom. The maximum Gasteiger partial charge on any atom is 0.494 e. The molecule has 14 heteroatoms. The Labute approximate surface area is 280 Å². The van der Waals surface area contributed by atoms with E-state index >= 15 is 0 Å². The summed E-state index contributed by atoms with van der Waals surface area (Å²) in [5.74, 6) is -0.511. The van der Waals surface area contributed by atoms with E-state index in [1.165, 1.54) is 13.2 Å². The summed E-state index contributed by atoms with van der Waals surface area (Å²) in [5.41, 5.74) is 2.72. The van der Waals surface area contributed by atoms with Crippen molar-refractivity contribution < 1.29 is 32.8 Å². The van der Waals surface area contributed by atoms with Gasteiger partial charge in [-0.3, -0.25) is 4.79 Å². The summed E-state index contributed by atoms with van der Waals surface area (Å²) in [6, 6.07) is 10.7. The molecule has 2 atom stereocenters. The van der Waals surface area contributed by atoms with Crippen molar-refractivity contribution >= 4 is 30.6 Å². The van der Waals surface area contributed by atoms with E-state index in [0.29, 0.717) is 17.1 Å². The van der Waals surface area contributed by atoms with Gasteiger partial charge in [0.15, 0.2) is 0 Å². The number of H-pyrrole nitrogens is 1. The molecule has 12 nitrogen and oxygen atoms in total. The average Bonchev–Trinajstić information content (AvgIpc) is 3.84. The highest BCUT2D eigenvalue weighted by Crippen LogP contribution is 2.37. The Hall–Kier alpha value is -4.43. The van der Waals surface area contributed by atoms with Gasteiger partial charge in [-0.2, -0.15) is 0 Å². The van der Waals surface area contributed by atoms with Crippen molar-refractivity contribution in [3.8, 4) is 11.3 Å². The highest BCUT2D eigenvalue weighted by molar-refractivity contribution is 6.62. The van der Waals surface area contributed by atoms with Gasteiger partial charge in [-0.05, 0) is 50.7 Å². The van der Waals surface area contributed by atoms with Gasteiger partial charge in [-0.1, -0.05) is 50.2 Å². The van der Waals surface area contributed by atoms with E-state index < -0.39 is 36.5 Å². The second kappa shape index (κ2) is 12.6. The number of benzene rings is 2. The molecule has 2 fully saturated rings. The first-order valence-corrected chi connectivity index (χ1v) is 16.2. The number of alkyl carbamates (subject to hydrolysis) is 1. The molecule has 0 saturated carbocycles. The summed E-state index contributed by atoms with van der Waals surface area (Å²) >= 11 is 0. The van der Waals surface area contributed by atoms with Crippen LogP contribution >= 0.6 is 0 Å². The van der Waals surface area contributed by atoms with Gasteiger partial charge in [-0.15, -0.1) is 0 Å². The van der Waals surface area contributed by atoms with Gasteiger partial charge in [0, 0.05) is 23.9 Å². The molecule has 0 aliphatic carbocycles. The molecule has 2 aromatic carbocycles. The molecule has 2 N–H and O–H groups in total. The molecule has 3 aromatic rings. The number of methoxy groups -OCH3 is 1. The van der Waals surface area contributed by atoms with Crippen molar-refractivity contribution in [1.29, 1.82) is 0 Å². The quantitative estimate of drug-likeness (QED) is 0.380. The fraction of sp³-hybridized carbons (Fsp3) is 0.471. The standard InChI is InChI=1S/C34H42BFN6O6/c1-20(2)28(39-31(44)46-7)30(43)42-19-41(32(45)40-16-22-9-8-10-25(36)24(22)17-40)18-27(42)29-37-15-26(38-29)21-11-13-23(14-12-21)35-47-33(3,4)34(5,6)48-35/h8-15,20,27-28H,16-19H2,1-7H3,(H,37,38)(H,39,44)/t27-,28?/m0/s1. The zero-order valence-corrected chi connectivity index (χ0v) is 28.4. The number of hydrogen-bond donors (Lipinski definition) is 2. The largest absolute Gasteiger partial charge is 0.494 e. The molecule has 1 unspecified atom stereocenters. The lowest BCUT2D eigenvalue weighted by Crippen LogP contribution is -2.52. The van der Waals surface area contributed by atoms with E-state index in [-0.39, 0.29) is 50.0 Å². The van der Waals surface area contributed by atoms with Crippen LogP contribution in [0.5, 0.6) is 0 Å². The number of aromatic nitrogens is 2. The Morgan fingerprint density at radius 2 is 1.73 bits per heavy atom. The summed E-state index contributed by atoms with van der Waals surface area (Å²) in [6.45, 7) is 12.2. The monoisotopic (exact) mass is 660 g/mol. The number of ether oxygens (including phenoxy) is 1. The van der Waals surface area contributed by atoms with Crippen LogP contribution in [-0.2, 0) is 31.9 Å². The summed E-state index contributed by atoms with van der Waals surface area (Å²) in [6.07, 6.45) is 1.03. The molecule has 0 radical (unpaired) electrons. The zero-order chi connectivity index (χ0) is 34.5. The number of carbonyl (C=O) groups is 3. The summed E-state index contributed by atoms with van der Waals surface area (Å²) in [7, 11) is 0.743. The highest BCUT2D eigenvalue weighted by Gasteiger charge is 2.51. The van der Waals surface area contributed by atoms with Gasteiger partial charge in [0.2, 0.25) is 5.91 Å². The Kier molecular flexibility index (Phi) is 8.75. The minimum atomic E-state index is -0.905. The van der Waals surface area contributed by atoms with Crippen LogP contribution in [0.15, 0.2) is 48.7 Å². The second-order valence-corrected chi connectivity index (χ2v) is 13.9. The number of fused-ring (bicyclic) bond motifs is 1. The fourth-order valence-corrected chi connectivity index (χ4v) is 6.28. The highest BCUT2D eigenvalue weighted by atomic mass is 19.1. The van der Waals surface area contributed by atoms with Crippen LogP contribution in [0.4, 0.5) is 14.0 Å². The number of aromatic amines is 1. The van der Waals surface area contributed by atoms with Gasteiger partial charge in [0.05, 0.1) is 43.8 Å². The zero-order valence-electron chi connectivity index (χ0n) is 28.4. The Balaban J connectivity index is 1.24. The molecule has 3 aliphatic heterocycles. The first-order chi connectivity index (χ1) is 22.7. The van der Waals surface area contributed by atoms with E-state index in [1.54, 1.807) is 27.0 Å². The lowest BCUT2D eigenvalue weighted by Gasteiger charge is -2.32. The minimum absolute atomic E-state index is 0.0391.